The molecule has 1 saturated carbocycles. The first-order chi connectivity index (χ1) is 10.2. The Morgan fingerprint density at radius 3 is 2.86 bits per heavy atom. The van der Waals surface area contributed by atoms with Gasteiger partial charge in [-0.2, -0.15) is 0 Å². The first-order valence-electron chi connectivity index (χ1n) is 7.98. The van der Waals surface area contributed by atoms with Crippen LogP contribution in [0, 0.1) is 11.3 Å². The Hall–Kier alpha value is -0.770. The third-order valence-electron chi connectivity index (χ3n) is 5.64. The molecule has 22 heavy (non-hydrogen) atoms. The SMILES string of the molecule is Cl.O=C(NC1CCc2c(Cl)cccc21)C1CC12CCNCC2. The minimum Gasteiger partial charge on any atom is -0.349 e. The molecule has 2 aliphatic carbocycles. The zero-order chi connectivity index (χ0) is 14.4. The fourth-order valence-electron chi connectivity index (χ4n) is 4.23. The normalized spacial score (nSPS) is 27.9. The second-order valence-electron chi connectivity index (χ2n) is 6.78. The summed E-state index contributed by atoms with van der Waals surface area (Å²) in [4.78, 5) is 12.6. The standard InChI is InChI=1S/C17H21ClN2O.ClH/c18-14-3-1-2-12-11(14)4-5-15(12)20-16(21)13-10-17(13)6-8-19-9-7-17;/h1-3,13,15,19H,4-10H2,(H,20,21);1H. The monoisotopic (exact) mass is 340 g/mol. The molecule has 3 aliphatic rings. The minimum atomic E-state index is 0. The molecule has 2 N–H and O–H groups in total. The van der Waals surface area contributed by atoms with Crippen molar-refractivity contribution in [3.8, 4) is 0 Å². The molecule has 2 atom stereocenters. The third kappa shape index (κ3) is 2.64. The van der Waals surface area contributed by atoms with Gasteiger partial charge >= 0.3 is 0 Å². The number of hydrogen-bond acceptors (Lipinski definition) is 2. The number of piperidine rings is 1. The van der Waals surface area contributed by atoms with Gasteiger partial charge in [-0.1, -0.05) is 23.7 Å². The molecule has 5 heteroatoms. The number of halogens is 2. The average molecular weight is 341 g/mol. The highest BCUT2D eigenvalue weighted by Gasteiger charge is 2.57. The smallest absolute Gasteiger partial charge is 0.224 e. The summed E-state index contributed by atoms with van der Waals surface area (Å²) >= 11 is 6.24. The summed E-state index contributed by atoms with van der Waals surface area (Å²) in [5.41, 5.74) is 2.75. The van der Waals surface area contributed by atoms with Crippen LogP contribution < -0.4 is 10.6 Å². The lowest BCUT2D eigenvalue weighted by Gasteiger charge is -2.23. The number of rotatable bonds is 2. The van der Waals surface area contributed by atoms with Gasteiger partial charge in [-0.3, -0.25) is 4.79 Å². The highest BCUT2D eigenvalue weighted by atomic mass is 35.5. The molecule has 0 aromatic heterocycles. The van der Waals surface area contributed by atoms with Gasteiger partial charge in [0, 0.05) is 10.9 Å². The van der Waals surface area contributed by atoms with Crippen LogP contribution in [0.25, 0.3) is 0 Å². The van der Waals surface area contributed by atoms with E-state index in [1.807, 2.05) is 12.1 Å². The lowest BCUT2D eigenvalue weighted by molar-refractivity contribution is -0.124. The Morgan fingerprint density at radius 2 is 2.09 bits per heavy atom. The van der Waals surface area contributed by atoms with Crippen molar-refractivity contribution in [2.45, 2.75) is 38.1 Å². The van der Waals surface area contributed by atoms with Crippen molar-refractivity contribution < 1.29 is 4.79 Å². The van der Waals surface area contributed by atoms with Gasteiger partial charge in [0.15, 0.2) is 0 Å². The minimum absolute atomic E-state index is 0. The molecule has 0 bridgehead atoms. The van der Waals surface area contributed by atoms with Crippen molar-refractivity contribution >= 4 is 29.9 Å². The van der Waals surface area contributed by atoms with Crippen molar-refractivity contribution in [1.29, 1.82) is 0 Å². The van der Waals surface area contributed by atoms with Crippen LogP contribution >= 0.6 is 24.0 Å². The topological polar surface area (TPSA) is 41.1 Å². The predicted octanol–water partition coefficient (Wildman–Crippen LogP) is 3.26. The van der Waals surface area contributed by atoms with E-state index in [9.17, 15) is 4.79 Å². The third-order valence-corrected chi connectivity index (χ3v) is 5.99. The van der Waals surface area contributed by atoms with E-state index in [2.05, 4.69) is 16.7 Å². The van der Waals surface area contributed by atoms with E-state index in [4.69, 9.17) is 11.6 Å². The number of benzene rings is 1. The van der Waals surface area contributed by atoms with Crippen LogP contribution in [0.3, 0.4) is 0 Å². The van der Waals surface area contributed by atoms with Crippen LogP contribution in [0.5, 0.6) is 0 Å². The Balaban J connectivity index is 0.00000144. The van der Waals surface area contributed by atoms with Crippen molar-refractivity contribution in [2.24, 2.45) is 11.3 Å². The Bertz CT molecular complexity index is 584. The number of nitrogens with one attached hydrogen (secondary N) is 2. The van der Waals surface area contributed by atoms with Crippen LogP contribution in [-0.2, 0) is 11.2 Å². The summed E-state index contributed by atoms with van der Waals surface area (Å²) in [6, 6.07) is 6.18. The molecule has 120 valence electrons. The van der Waals surface area contributed by atoms with Crippen LogP contribution in [0.4, 0.5) is 0 Å². The zero-order valence-corrected chi connectivity index (χ0v) is 14.1. The Labute approximate surface area is 142 Å². The molecule has 1 aromatic carbocycles. The maximum Gasteiger partial charge on any atom is 0.224 e. The van der Waals surface area contributed by atoms with Crippen LogP contribution in [0.1, 0.15) is 42.9 Å². The van der Waals surface area contributed by atoms with Crippen molar-refractivity contribution in [2.75, 3.05) is 13.1 Å². The van der Waals surface area contributed by atoms with E-state index < -0.39 is 0 Å². The molecule has 1 heterocycles. The van der Waals surface area contributed by atoms with Gasteiger partial charge in [0.25, 0.3) is 0 Å². The van der Waals surface area contributed by atoms with Gasteiger partial charge < -0.3 is 10.6 Å². The van der Waals surface area contributed by atoms with Crippen LogP contribution in [0.2, 0.25) is 5.02 Å². The van der Waals surface area contributed by atoms with Gasteiger partial charge in [0.2, 0.25) is 5.91 Å². The van der Waals surface area contributed by atoms with E-state index >= 15 is 0 Å². The molecule has 1 aromatic rings. The molecular weight excluding hydrogens is 319 g/mol. The molecule has 1 spiro atoms. The van der Waals surface area contributed by atoms with Crippen LogP contribution in [-0.4, -0.2) is 19.0 Å². The number of fused-ring (bicyclic) bond motifs is 1. The van der Waals surface area contributed by atoms with E-state index in [-0.39, 0.29) is 30.3 Å². The summed E-state index contributed by atoms with van der Waals surface area (Å²) in [6.07, 6.45) is 5.33. The maximum atomic E-state index is 12.6. The first kappa shape index (κ1) is 16.1. The number of carbonyl (C=O) groups excluding carboxylic acids is 1. The number of amides is 1. The molecule has 4 rings (SSSR count). The Kier molecular flexibility index (Phi) is 4.41. The summed E-state index contributed by atoms with van der Waals surface area (Å²) in [5.74, 6) is 0.498. The second-order valence-corrected chi connectivity index (χ2v) is 7.18. The van der Waals surface area contributed by atoms with Crippen molar-refractivity contribution in [3.63, 3.8) is 0 Å². The van der Waals surface area contributed by atoms with E-state index in [1.165, 1.54) is 11.1 Å². The highest BCUT2D eigenvalue weighted by molar-refractivity contribution is 6.31. The molecule has 1 amide bonds. The highest BCUT2D eigenvalue weighted by Crippen LogP contribution is 2.58. The predicted molar refractivity (Wildman–Crippen MR) is 90.5 cm³/mol. The molecular formula is C17H22Cl2N2O. The van der Waals surface area contributed by atoms with Gasteiger partial charge in [-0.25, -0.2) is 0 Å². The summed E-state index contributed by atoms with van der Waals surface area (Å²) < 4.78 is 0. The largest absolute Gasteiger partial charge is 0.349 e. The quantitative estimate of drug-likeness (QED) is 0.867. The molecule has 0 radical (unpaired) electrons. The summed E-state index contributed by atoms with van der Waals surface area (Å²) in [6.45, 7) is 2.12. The van der Waals surface area contributed by atoms with Crippen molar-refractivity contribution in [3.05, 3.63) is 34.3 Å². The fraction of sp³-hybridized carbons (Fsp3) is 0.588. The summed E-state index contributed by atoms with van der Waals surface area (Å²) in [5, 5.41) is 7.50. The molecule has 1 saturated heterocycles. The van der Waals surface area contributed by atoms with E-state index in [0.717, 1.165) is 50.2 Å². The van der Waals surface area contributed by atoms with Gasteiger partial charge in [-0.05, 0) is 67.8 Å². The first-order valence-corrected chi connectivity index (χ1v) is 8.36. The van der Waals surface area contributed by atoms with Crippen LogP contribution in [0.15, 0.2) is 18.2 Å². The molecule has 2 unspecified atom stereocenters. The van der Waals surface area contributed by atoms with Gasteiger partial charge in [0.05, 0.1) is 6.04 Å². The average Bonchev–Trinajstić information content (AvgIpc) is 3.01. The molecule has 2 fully saturated rings. The lowest BCUT2D eigenvalue weighted by Crippen LogP contribution is -2.34. The number of hydrogen-bond donors (Lipinski definition) is 2. The number of carbonyl (C=O) groups is 1. The van der Waals surface area contributed by atoms with Gasteiger partial charge in [-0.15, -0.1) is 12.4 Å². The zero-order valence-electron chi connectivity index (χ0n) is 12.5. The lowest BCUT2D eigenvalue weighted by atomic mass is 9.91. The molecule has 3 nitrogen and oxygen atoms in total. The van der Waals surface area contributed by atoms with E-state index in [1.54, 1.807) is 0 Å². The second kappa shape index (κ2) is 6.03. The maximum absolute atomic E-state index is 12.6. The fourth-order valence-corrected chi connectivity index (χ4v) is 4.50. The molecule has 1 aliphatic heterocycles. The summed E-state index contributed by atoms with van der Waals surface area (Å²) in [7, 11) is 0. The van der Waals surface area contributed by atoms with Gasteiger partial charge in [0.1, 0.15) is 0 Å². The van der Waals surface area contributed by atoms with Crippen molar-refractivity contribution in [1.82, 2.24) is 10.6 Å². The van der Waals surface area contributed by atoms with E-state index in [0.29, 0.717) is 5.41 Å². The Morgan fingerprint density at radius 1 is 1.32 bits per heavy atom.